The minimum Gasteiger partial charge on any atom is -0.373 e. The van der Waals surface area contributed by atoms with Gasteiger partial charge in [-0.25, -0.2) is 4.98 Å². The van der Waals surface area contributed by atoms with Crippen molar-refractivity contribution in [2.45, 2.75) is 24.4 Å². The van der Waals surface area contributed by atoms with Crippen molar-refractivity contribution >= 4 is 27.8 Å². The molecule has 2 rings (SSSR count). The molecule has 1 saturated heterocycles. The van der Waals surface area contributed by atoms with Gasteiger partial charge in [-0.05, 0) is 6.42 Å². The molecule has 1 fully saturated rings. The van der Waals surface area contributed by atoms with E-state index in [1.165, 1.54) is 0 Å². The first-order chi connectivity index (χ1) is 11.0. The second-order valence-corrected chi connectivity index (χ2v) is 6.14. The fraction of sp³-hybridized carbons (Fsp3) is 0.364. The van der Waals surface area contributed by atoms with Crippen LogP contribution in [0.25, 0.3) is 0 Å². The number of nitrogens with zero attached hydrogens (tertiary/aromatic N) is 1. The van der Waals surface area contributed by atoms with E-state index in [1.807, 2.05) is 5.32 Å². The van der Waals surface area contributed by atoms with Crippen LogP contribution in [-0.2, 0) is 19.7 Å². The van der Waals surface area contributed by atoms with Gasteiger partial charge in [0, 0.05) is 18.7 Å². The van der Waals surface area contributed by atoms with Crippen molar-refractivity contribution in [3.63, 3.8) is 0 Å². The zero-order valence-electron chi connectivity index (χ0n) is 11.6. The Morgan fingerprint density at radius 1 is 1.33 bits per heavy atom. The predicted octanol–water partition coefficient (Wildman–Crippen LogP) is 0.666. The normalized spacial score (nSPS) is 18.9. The lowest BCUT2D eigenvalue weighted by molar-refractivity contribution is -0.133. The van der Waals surface area contributed by atoms with Crippen LogP contribution in [0.4, 0.5) is 23.4 Å². The van der Waals surface area contributed by atoms with E-state index in [-0.39, 0.29) is 12.8 Å². The molecule has 1 unspecified atom stereocenters. The van der Waals surface area contributed by atoms with Crippen molar-refractivity contribution in [3.8, 4) is 5.75 Å². The average molecular weight is 371 g/mol. The van der Waals surface area contributed by atoms with Gasteiger partial charge in [0.1, 0.15) is 6.04 Å². The van der Waals surface area contributed by atoms with Crippen molar-refractivity contribution in [3.05, 3.63) is 18.1 Å². The summed E-state index contributed by atoms with van der Waals surface area (Å²) in [5.74, 6) is -4.77. The van der Waals surface area contributed by atoms with E-state index in [9.17, 15) is 35.6 Å². The zero-order chi connectivity index (χ0) is 18.1. The van der Waals surface area contributed by atoms with Gasteiger partial charge in [-0.15, -0.1) is 0 Å². The van der Waals surface area contributed by atoms with E-state index in [0.717, 1.165) is 6.20 Å². The summed E-state index contributed by atoms with van der Waals surface area (Å²) < 4.78 is 76.4. The highest BCUT2D eigenvalue weighted by atomic mass is 32.2. The van der Waals surface area contributed by atoms with Gasteiger partial charge in [-0.1, -0.05) is 0 Å². The maximum atomic E-state index is 14.1. The molecule has 1 aliphatic heterocycles. The Kier molecular flexibility index (Phi) is 4.64. The van der Waals surface area contributed by atoms with E-state index < -0.39 is 50.9 Å². The molecule has 2 heterocycles. The number of pyridine rings is 1. The highest BCUT2D eigenvalue weighted by Gasteiger charge is 2.49. The SMILES string of the molecule is O=C1CCC(Nc2nccc(OS(=O)(=O)C(F)(F)F)c2F)C(=O)N1. The van der Waals surface area contributed by atoms with Gasteiger partial charge in [0.05, 0.1) is 0 Å². The summed E-state index contributed by atoms with van der Waals surface area (Å²) in [6, 6.07) is -0.493. The quantitative estimate of drug-likeness (QED) is 0.346. The van der Waals surface area contributed by atoms with Crippen molar-refractivity contribution < 1.29 is 39.8 Å². The lowest BCUT2D eigenvalue weighted by Crippen LogP contribution is -2.47. The van der Waals surface area contributed by atoms with Crippen LogP contribution < -0.4 is 14.8 Å². The molecule has 2 N–H and O–H groups in total. The molecular formula is C11H9F4N3O5S. The van der Waals surface area contributed by atoms with E-state index in [4.69, 9.17) is 0 Å². The summed E-state index contributed by atoms with van der Waals surface area (Å²) in [4.78, 5) is 26.0. The Morgan fingerprint density at radius 3 is 2.58 bits per heavy atom. The summed E-state index contributed by atoms with van der Waals surface area (Å²) in [5.41, 5.74) is -5.74. The van der Waals surface area contributed by atoms with Crippen LogP contribution in [0, 0.1) is 5.82 Å². The van der Waals surface area contributed by atoms with Gasteiger partial charge in [0.15, 0.2) is 11.6 Å². The van der Waals surface area contributed by atoms with Gasteiger partial charge in [0.2, 0.25) is 17.6 Å². The number of alkyl halides is 3. The Labute approximate surface area is 132 Å². The van der Waals surface area contributed by atoms with Crippen LogP contribution in [0.15, 0.2) is 12.3 Å². The van der Waals surface area contributed by atoms with Crippen molar-refractivity contribution in [1.82, 2.24) is 10.3 Å². The average Bonchev–Trinajstić information content (AvgIpc) is 2.44. The first-order valence-corrected chi connectivity index (χ1v) is 7.67. The third-order valence-corrected chi connectivity index (χ3v) is 3.85. The lowest BCUT2D eigenvalue weighted by Gasteiger charge is -2.22. The minimum absolute atomic E-state index is 0.00226. The molecule has 0 radical (unpaired) electrons. The second kappa shape index (κ2) is 6.22. The van der Waals surface area contributed by atoms with E-state index in [0.29, 0.717) is 6.07 Å². The number of hydrogen-bond donors (Lipinski definition) is 2. The monoisotopic (exact) mass is 371 g/mol. The molecule has 1 aliphatic rings. The molecular weight excluding hydrogens is 362 g/mol. The third-order valence-electron chi connectivity index (χ3n) is 2.89. The maximum Gasteiger partial charge on any atom is 0.534 e. The number of rotatable bonds is 4. The number of anilines is 1. The number of carbonyl (C=O) groups excluding carboxylic acids is 2. The van der Waals surface area contributed by atoms with Crippen molar-refractivity contribution in [2.75, 3.05) is 5.32 Å². The van der Waals surface area contributed by atoms with Gasteiger partial charge in [-0.3, -0.25) is 14.9 Å². The van der Waals surface area contributed by atoms with Crippen LogP contribution in [0.2, 0.25) is 0 Å². The topological polar surface area (TPSA) is 114 Å². The number of aromatic nitrogens is 1. The smallest absolute Gasteiger partial charge is 0.373 e. The molecule has 132 valence electrons. The molecule has 0 aromatic carbocycles. The Hall–Kier alpha value is -2.44. The number of nitrogens with one attached hydrogen (secondary N) is 2. The number of halogens is 4. The maximum absolute atomic E-state index is 14.1. The van der Waals surface area contributed by atoms with Gasteiger partial charge in [0.25, 0.3) is 0 Å². The fourth-order valence-electron chi connectivity index (χ4n) is 1.75. The fourth-order valence-corrected chi connectivity index (χ4v) is 2.21. The van der Waals surface area contributed by atoms with Crippen LogP contribution in [0.5, 0.6) is 5.75 Å². The summed E-state index contributed by atoms with van der Waals surface area (Å²) in [7, 11) is -6.06. The molecule has 2 amide bonds. The third kappa shape index (κ3) is 3.72. The van der Waals surface area contributed by atoms with Gasteiger partial charge in [-0.2, -0.15) is 26.0 Å². The second-order valence-electron chi connectivity index (χ2n) is 4.60. The summed E-state index contributed by atoms with van der Waals surface area (Å²) in [6.45, 7) is 0. The van der Waals surface area contributed by atoms with Crippen LogP contribution in [0.1, 0.15) is 12.8 Å². The molecule has 0 aliphatic carbocycles. The number of carbonyl (C=O) groups is 2. The standard InChI is InChI=1S/C11H9F4N3O5S/c12-8-6(23-24(21,22)11(13,14)15)3-4-16-9(8)17-5-1-2-7(19)18-10(5)20/h3-5H,1-2H2,(H,16,17)(H,18,19,20). The Balaban J connectivity index is 2.22. The molecule has 1 aromatic heterocycles. The van der Waals surface area contributed by atoms with E-state index in [1.54, 1.807) is 0 Å². The molecule has 1 atom stereocenters. The largest absolute Gasteiger partial charge is 0.534 e. The molecule has 0 spiro atoms. The van der Waals surface area contributed by atoms with Crippen LogP contribution in [0.3, 0.4) is 0 Å². The van der Waals surface area contributed by atoms with E-state index in [2.05, 4.69) is 14.5 Å². The van der Waals surface area contributed by atoms with Crippen molar-refractivity contribution in [1.29, 1.82) is 0 Å². The zero-order valence-corrected chi connectivity index (χ0v) is 12.4. The summed E-state index contributed by atoms with van der Waals surface area (Å²) in [6.07, 6.45) is 0.750. The summed E-state index contributed by atoms with van der Waals surface area (Å²) in [5, 5.41) is 4.25. The van der Waals surface area contributed by atoms with Crippen molar-refractivity contribution in [2.24, 2.45) is 0 Å². The number of piperidine rings is 1. The molecule has 1 aromatic rings. The molecule has 24 heavy (non-hydrogen) atoms. The summed E-state index contributed by atoms with van der Waals surface area (Å²) >= 11 is 0. The highest BCUT2D eigenvalue weighted by molar-refractivity contribution is 7.88. The first-order valence-electron chi connectivity index (χ1n) is 6.27. The number of imide groups is 1. The van der Waals surface area contributed by atoms with Gasteiger partial charge >= 0.3 is 15.6 Å². The minimum atomic E-state index is -6.06. The predicted molar refractivity (Wildman–Crippen MR) is 69.6 cm³/mol. The molecule has 0 saturated carbocycles. The number of hydrogen-bond acceptors (Lipinski definition) is 7. The van der Waals surface area contributed by atoms with Crippen LogP contribution >= 0.6 is 0 Å². The highest BCUT2D eigenvalue weighted by Crippen LogP contribution is 2.30. The number of amides is 2. The Bertz CT molecular complexity index is 780. The molecule has 8 nitrogen and oxygen atoms in total. The Morgan fingerprint density at radius 2 is 2.00 bits per heavy atom. The first kappa shape index (κ1) is 17.9. The van der Waals surface area contributed by atoms with E-state index >= 15 is 0 Å². The van der Waals surface area contributed by atoms with Crippen LogP contribution in [-0.4, -0.2) is 36.8 Å². The lowest BCUT2D eigenvalue weighted by atomic mass is 10.1. The van der Waals surface area contributed by atoms with Gasteiger partial charge < -0.3 is 9.50 Å². The molecule has 0 bridgehead atoms. The molecule has 13 heteroatoms.